The number of ether oxygens (including phenoxy) is 1. The summed E-state index contributed by atoms with van der Waals surface area (Å²) < 4.78 is 18.0. The van der Waals surface area contributed by atoms with Crippen molar-refractivity contribution >= 4 is 11.7 Å². The predicted octanol–water partition coefficient (Wildman–Crippen LogP) is 2.36. The normalized spacial score (nSPS) is 12.2. The molecule has 1 rings (SSSR count). The molecule has 0 amide bonds. The molecule has 0 aliphatic rings. The van der Waals surface area contributed by atoms with Crippen molar-refractivity contribution in [3.63, 3.8) is 0 Å². The van der Waals surface area contributed by atoms with Crippen molar-refractivity contribution in [2.75, 3.05) is 19.0 Å². The molecule has 1 unspecified atom stereocenters. The maximum Gasteiger partial charge on any atom is 0.337 e. The molecule has 1 atom stereocenters. The standard InChI is InChI=1S/C12H16FNO3/c1-3-9(7-17-2)14-11-5-4-8(13)6-10(11)12(15)16/h4-6,9,14H,3,7H2,1-2H3,(H,15,16). The average molecular weight is 241 g/mol. The first-order chi connectivity index (χ1) is 8.08. The van der Waals surface area contributed by atoms with E-state index in [9.17, 15) is 9.18 Å². The minimum atomic E-state index is -1.15. The Balaban J connectivity index is 2.92. The van der Waals surface area contributed by atoms with Crippen LogP contribution in [0.4, 0.5) is 10.1 Å². The molecule has 2 N–H and O–H groups in total. The maximum absolute atomic E-state index is 13.0. The molecule has 1 aromatic rings. The Bertz CT molecular complexity index is 395. The van der Waals surface area contributed by atoms with E-state index in [0.717, 1.165) is 12.5 Å². The van der Waals surface area contributed by atoms with Gasteiger partial charge in [0.15, 0.2) is 0 Å². The number of aromatic carboxylic acids is 1. The van der Waals surface area contributed by atoms with Gasteiger partial charge in [0.2, 0.25) is 0 Å². The van der Waals surface area contributed by atoms with Crippen molar-refractivity contribution in [1.29, 1.82) is 0 Å². The zero-order chi connectivity index (χ0) is 12.8. The van der Waals surface area contributed by atoms with Gasteiger partial charge in [0.25, 0.3) is 0 Å². The Morgan fingerprint density at radius 2 is 2.29 bits per heavy atom. The van der Waals surface area contributed by atoms with Crippen molar-refractivity contribution in [1.82, 2.24) is 0 Å². The number of methoxy groups -OCH3 is 1. The van der Waals surface area contributed by atoms with Gasteiger partial charge in [-0.05, 0) is 24.6 Å². The highest BCUT2D eigenvalue weighted by Gasteiger charge is 2.14. The maximum atomic E-state index is 13.0. The van der Waals surface area contributed by atoms with Gasteiger partial charge in [0, 0.05) is 18.8 Å². The molecule has 5 heteroatoms. The van der Waals surface area contributed by atoms with Crippen LogP contribution in [0.15, 0.2) is 18.2 Å². The number of nitrogens with one attached hydrogen (secondary N) is 1. The third-order valence-corrected chi connectivity index (χ3v) is 2.43. The number of benzene rings is 1. The first-order valence-corrected chi connectivity index (χ1v) is 5.36. The summed E-state index contributed by atoms with van der Waals surface area (Å²) in [5.41, 5.74) is 0.336. The largest absolute Gasteiger partial charge is 0.478 e. The summed E-state index contributed by atoms with van der Waals surface area (Å²) in [4.78, 5) is 11.0. The summed E-state index contributed by atoms with van der Waals surface area (Å²) in [7, 11) is 1.58. The molecule has 0 bridgehead atoms. The number of hydrogen-bond acceptors (Lipinski definition) is 3. The van der Waals surface area contributed by atoms with Gasteiger partial charge in [-0.25, -0.2) is 9.18 Å². The van der Waals surface area contributed by atoms with Crippen LogP contribution in [0.5, 0.6) is 0 Å². The Morgan fingerprint density at radius 1 is 1.59 bits per heavy atom. The molecule has 17 heavy (non-hydrogen) atoms. The van der Waals surface area contributed by atoms with E-state index < -0.39 is 11.8 Å². The second-order valence-corrected chi connectivity index (χ2v) is 3.70. The quantitative estimate of drug-likeness (QED) is 0.802. The molecule has 0 aromatic heterocycles. The van der Waals surface area contributed by atoms with Crippen molar-refractivity contribution in [2.45, 2.75) is 19.4 Å². The summed E-state index contributed by atoms with van der Waals surface area (Å²) in [5, 5.41) is 12.0. The SMILES string of the molecule is CCC(COC)Nc1ccc(F)cc1C(=O)O. The molecule has 0 radical (unpaired) electrons. The smallest absolute Gasteiger partial charge is 0.337 e. The highest BCUT2D eigenvalue weighted by molar-refractivity contribution is 5.94. The van der Waals surface area contributed by atoms with E-state index in [4.69, 9.17) is 9.84 Å². The number of anilines is 1. The van der Waals surface area contributed by atoms with Crippen LogP contribution in [0, 0.1) is 5.82 Å². The Labute approximate surface area is 99.4 Å². The van der Waals surface area contributed by atoms with Gasteiger partial charge in [-0.2, -0.15) is 0 Å². The third kappa shape index (κ3) is 3.71. The van der Waals surface area contributed by atoms with Crippen LogP contribution >= 0.6 is 0 Å². The molecular weight excluding hydrogens is 225 g/mol. The van der Waals surface area contributed by atoms with Crippen molar-refractivity contribution < 1.29 is 19.0 Å². The van der Waals surface area contributed by atoms with Gasteiger partial charge >= 0.3 is 5.97 Å². The van der Waals surface area contributed by atoms with Gasteiger partial charge in [-0.1, -0.05) is 6.92 Å². The van der Waals surface area contributed by atoms with E-state index in [1.165, 1.54) is 12.1 Å². The van der Waals surface area contributed by atoms with E-state index in [-0.39, 0.29) is 11.6 Å². The summed E-state index contributed by atoms with van der Waals surface area (Å²) in [6, 6.07) is 3.67. The van der Waals surface area contributed by atoms with Gasteiger partial charge in [0.05, 0.1) is 12.2 Å². The molecule has 0 aliphatic carbocycles. The number of halogens is 1. The second kappa shape index (κ2) is 6.20. The highest BCUT2D eigenvalue weighted by atomic mass is 19.1. The number of carboxylic acid groups (broad SMARTS) is 1. The Hall–Kier alpha value is -1.62. The summed E-state index contributed by atoms with van der Waals surface area (Å²) in [6.45, 7) is 2.42. The van der Waals surface area contributed by atoms with Crippen LogP contribution in [0.1, 0.15) is 23.7 Å². The minimum absolute atomic E-state index is 0.00330. The molecule has 94 valence electrons. The monoisotopic (exact) mass is 241 g/mol. The fourth-order valence-corrected chi connectivity index (χ4v) is 1.50. The molecule has 0 fully saturated rings. The first-order valence-electron chi connectivity index (χ1n) is 5.36. The molecule has 1 aromatic carbocycles. The van der Waals surface area contributed by atoms with Crippen LogP contribution in [0.25, 0.3) is 0 Å². The molecule has 0 saturated heterocycles. The number of hydrogen-bond donors (Lipinski definition) is 2. The zero-order valence-electron chi connectivity index (χ0n) is 9.87. The molecule has 0 aliphatic heterocycles. The average Bonchev–Trinajstić information content (AvgIpc) is 2.30. The number of carboxylic acids is 1. The lowest BCUT2D eigenvalue weighted by molar-refractivity contribution is 0.0697. The minimum Gasteiger partial charge on any atom is -0.478 e. The Morgan fingerprint density at radius 3 is 2.82 bits per heavy atom. The second-order valence-electron chi connectivity index (χ2n) is 3.70. The fourth-order valence-electron chi connectivity index (χ4n) is 1.50. The van der Waals surface area contributed by atoms with Crippen LogP contribution in [0.3, 0.4) is 0 Å². The summed E-state index contributed by atoms with van der Waals surface area (Å²) in [6.07, 6.45) is 0.782. The molecule has 0 spiro atoms. The highest BCUT2D eigenvalue weighted by Crippen LogP contribution is 2.18. The first kappa shape index (κ1) is 13.4. The van der Waals surface area contributed by atoms with Crippen molar-refractivity contribution in [3.05, 3.63) is 29.6 Å². The third-order valence-electron chi connectivity index (χ3n) is 2.43. The lowest BCUT2D eigenvalue weighted by Crippen LogP contribution is -2.25. The van der Waals surface area contributed by atoms with E-state index in [1.807, 2.05) is 6.92 Å². The van der Waals surface area contributed by atoms with Gasteiger partial charge in [-0.15, -0.1) is 0 Å². The predicted molar refractivity (Wildman–Crippen MR) is 62.9 cm³/mol. The van der Waals surface area contributed by atoms with Crippen LogP contribution < -0.4 is 5.32 Å². The van der Waals surface area contributed by atoms with E-state index in [1.54, 1.807) is 7.11 Å². The molecular formula is C12H16FNO3. The zero-order valence-corrected chi connectivity index (χ0v) is 9.87. The Kier molecular flexibility index (Phi) is 4.90. The van der Waals surface area contributed by atoms with Gasteiger partial charge in [-0.3, -0.25) is 0 Å². The number of rotatable bonds is 6. The van der Waals surface area contributed by atoms with Crippen molar-refractivity contribution in [3.8, 4) is 0 Å². The molecule has 4 nitrogen and oxygen atoms in total. The summed E-state index contributed by atoms with van der Waals surface area (Å²) in [5.74, 6) is -1.72. The number of carbonyl (C=O) groups is 1. The van der Waals surface area contributed by atoms with E-state index in [0.29, 0.717) is 12.3 Å². The lowest BCUT2D eigenvalue weighted by Gasteiger charge is -2.18. The molecule has 0 saturated carbocycles. The van der Waals surface area contributed by atoms with Gasteiger partial charge < -0.3 is 15.2 Å². The lowest BCUT2D eigenvalue weighted by atomic mass is 10.1. The van der Waals surface area contributed by atoms with Crippen molar-refractivity contribution in [2.24, 2.45) is 0 Å². The summed E-state index contributed by atoms with van der Waals surface area (Å²) >= 11 is 0. The molecule has 0 heterocycles. The van der Waals surface area contributed by atoms with Gasteiger partial charge in [0.1, 0.15) is 5.82 Å². The van der Waals surface area contributed by atoms with Crippen LogP contribution in [0.2, 0.25) is 0 Å². The van der Waals surface area contributed by atoms with Crippen LogP contribution in [-0.4, -0.2) is 30.8 Å². The fraction of sp³-hybridized carbons (Fsp3) is 0.417. The van der Waals surface area contributed by atoms with E-state index >= 15 is 0 Å². The van der Waals surface area contributed by atoms with Crippen LogP contribution in [-0.2, 0) is 4.74 Å². The van der Waals surface area contributed by atoms with E-state index in [2.05, 4.69) is 5.32 Å². The topological polar surface area (TPSA) is 58.6 Å².